The molecule has 1 aliphatic carbocycles. The van der Waals surface area contributed by atoms with Gasteiger partial charge in [0, 0.05) is 15.7 Å². The molecule has 138 valence electrons. The topological polar surface area (TPSA) is 38.7 Å². The summed E-state index contributed by atoms with van der Waals surface area (Å²) in [6, 6.07) is 18.2. The predicted octanol–water partition coefficient (Wildman–Crippen LogP) is 5.21. The van der Waals surface area contributed by atoms with E-state index in [-0.39, 0.29) is 6.10 Å². The van der Waals surface area contributed by atoms with E-state index < -0.39 is 11.2 Å². The van der Waals surface area contributed by atoms with Crippen LogP contribution in [0.15, 0.2) is 59.5 Å². The summed E-state index contributed by atoms with van der Waals surface area (Å²) in [6.45, 7) is 1.84. The normalized spacial score (nSPS) is 33.8. The van der Waals surface area contributed by atoms with Crippen molar-refractivity contribution in [3.63, 3.8) is 0 Å². The van der Waals surface area contributed by atoms with Gasteiger partial charge < -0.3 is 5.11 Å². The van der Waals surface area contributed by atoms with E-state index >= 15 is 0 Å². The van der Waals surface area contributed by atoms with Gasteiger partial charge in [-0.05, 0) is 61.9 Å². The molecule has 26 heavy (non-hydrogen) atoms. The van der Waals surface area contributed by atoms with Crippen molar-refractivity contribution in [2.75, 3.05) is 5.75 Å². The van der Waals surface area contributed by atoms with Crippen LogP contribution in [-0.2, 0) is 15.4 Å². The number of hydrogen-bond acceptors (Lipinski definition) is 4. The van der Waals surface area contributed by atoms with Crippen molar-refractivity contribution in [1.29, 1.82) is 0 Å². The van der Waals surface area contributed by atoms with Gasteiger partial charge >= 0.3 is 0 Å². The number of halogens is 1. The van der Waals surface area contributed by atoms with Crippen molar-refractivity contribution in [3.05, 3.63) is 65.2 Å². The van der Waals surface area contributed by atoms with E-state index in [4.69, 9.17) is 21.4 Å². The van der Waals surface area contributed by atoms with Crippen LogP contribution in [0.3, 0.4) is 0 Å². The molecule has 1 heterocycles. The van der Waals surface area contributed by atoms with Crippen LogP contribution in [0.1, 0.15) is 31.7 Å². The molecule has 0 spiro atoms. The number of rotatable bonds is 4. The Morgan fingerprint density at radius 3 is 2.62 bits per heavy atom. The summed E-state index contributed by atoms with van der Waals surface area (Å²) in [5, 5.41) is 11.3. The summed E-state index contributed by atoms with van der Waals surface area (Å²) in [5.41, 5.74) is -0.201. The molecule has 3 nitrogen and oxygen atoms in total. The molecule has 2 aromatic carbocycles. The van der Waals surface area contributed by atoms with Crippen LogP contribution in [0.5, 0.6) is 0 Å². The van der Waals surface area contributed by atoms with Crippen LogP contribution < -0.4 is 0 Å². The zero-order valence-electron chi connectivity index (χ0n) is 14.7. The smallest absolute Gasteiger partial charge is 0.141 e. The van der Waals surface area contributed by atoms with Gasteiger partial charge in [0.2, 0.25) is 0 Å². The van der Waals surface area contributed by atoms with Gasteiger partial charge in [0.25, 0.3) is 0 Å². The molecule has 0 radical (unpaired) electrons. The van der Waals surface area contributed by atoms with Crippen molar-refractivity contribution < 1.29 is 14.9 Å². The lowest BCUT2D eigenvalue weighted by molar-refractivity contribution is -0.450. The molecule has 2 bridgehead atoms. The second-order valence-corrected chi connectivity index (χ2v) is 8.98. The summed E-state index contributed by atoms with van der Waals surface area (Å²) in [6.07, 6.45) is 2.19. The van der Waals surface area contributed by atoms with Crippen LogP contribution in [0.2, 0.25) is 5.02 Å². The molecule has 1 N–H and O–H groups in total. The number of hydrogen-bond donors (Lipinski definition) is 1. The minimum Gasteiger partial charge on any atom is -0.387 e. The SMILES string of the molecule is CC1(O)CCC2CC1OO[C@]2(CSc1ccc(Cl)cc1)c1ccccc1. The maximum atomic E-state index is 10.5. The second-order valence-electron chi connectivity index (χ2n) is 7.49. The first kappa shape index (κ1) is 18.3. The van der Waals surface area contributed by atoms with E-state index in [0.29, 0.717) is 5.92 Å². The predicted molar refractivity (Wildman–Crippen MR) is 104 cm³/mol. The molecule has 3 unspecified atom stereocenters. The molecule has 4 atom stereocenters. The highest BCUT2D eigenvalue weighted by atomic mass is 35.5. The maximum absolute atomic E-state index is 10.5. The third-order valence-electron chi connectivity index (χ3n) is 5.69. The van der Waals surface area contributed by atoms with Gasteiger partial charge in [-0.1, -0.05) is 41.9 Å². The van der Waals surface area contributed by atoms with Crippen LogP contribution >= 0.6 is 23.4 Å². The van der Waals surface area contributed by atoms with Crippen molar-refractivity contribution in [3.8, 4) is 0 Å². The Hall–Kier alpha value is -1.04. The Bertz CT molecular complexity index is 750. The zero-order valence-corrected chi connectivity index (χ0v) is 16.3. The quantitative estimate of drug-likeness (QED) is 0.574. The second kappa shape index (κ2) is 7.17. The molecule has 4 rings (SSSR count). The first-order valence-corrected chi connectivity index (χ1v) is 10.4. The highest BCUT2D eigenvalue weighted by molar-refractivity contribution is 7.99. The van der Waals surface area contributed by atoms with E-state index in [9.17, 15) is 5.11 Å². The fraction of sp³-hybridized carbons (Fsp3) is 0.429. The standard InChI is InChI=1S/C21H23ClO3S/c1-20(23)12-11-16-13-19(20)24-25-21(16,15-5-3-2-4-6-15)14-26-18-9-7-17(22)8-10-18/h2-10,16,19,23H,11-14H2,1H3/t16?,19?,20?,21-/m1/s1. The van der Waals surface area contributed by atoms with E-state index in [1.54, 1.807) is 11.8 Å². The first-order chi connectivity index (χ1) is 12.5. The number of fused-ring (bicyclic) bond motifs is 2. The zero-order chi connectivity index (χ0) is 18.2. The molecule has 1 aliphatic heterocycles. The lowest BCUT2D eigenvalue weighted by Crippen LogP contribution is -2.57. The van der Waals surface area contributed by atoms with Gasteiger partial charge in [-0.3, -0.25) is 0 Å². The molecule has 1 saturated carbocycles. The van der Waals surface area contributed by atoms with E-state index in [2.05, 4.69) is 12.1 Å². The van der Waals surface area contributed by atoms with Crippen molar-refractivity contribution >= 4 is 23.4 Å². The summed E-state index contributed by atoms with van der Waals surface area (Å²) >= 11 is 7.75. The Morgan fingerprint density at radius 2 is 1.88 bits per heavy atom. The van der Waals surface area contributed by atoms with Gasteiger partial charge in [0.1, 0.15) is 11.7 Å². The summed E-state index contributed by atoms with van der Waals surface area (Å²) < 4.78 is 0. The molecular formula is C21H23ClO3S. The monoisotopic (exact) mass is 390 g/mol. The van der Waals surface area contributed by atoms with E-state index in [0.717, 1.165) is 40.5 Å². The third-order valence-corrected chi connectivity index (χ3v) is 7.12. The minimum atomic E-state index is -0.817. The molecule has 2 aromatic rings. The van der Waals surface area contributed by atoms with Crippen molar-refractivity contribution in [2.24, 2.45) is 5.92 Å². The molecule has 2 fully saturated rings. The first-order valence-electron chi connectivity index (χ1n) is 9.00. The molecule has 2 aliphatic rings. The van der Waals surface area contributed by atoms with E-state index in [1.807, 2.05) is 49.4 Å². The molecule has 0 aromatic heterocycles. The van der Waals surface area contributed by atoms with Crippen LogP contribution in [-0.4, -0.2) is 22.6 Å². The van der Waals surface area contributed by atoms with Crippen molar-refractivity contribution in [2.45, 2.75) is 48.4 Å². The van der Waals surface area contributed by atoms with E-state index in [1.165, 1.54) is 0 Å². The Labute approximate surface area is 163 Å². The fourth-order valence-electron chi connectivity index (χ4n) is 3.99. The third kappa shape index (κ3) is 3.41. The van der Waals surface area contributed by atoms with Gasteiger partial charge in [0.05, 0.1) is 5.60 Å². The fourth-order valence-corrected chi connectivity index (χ4v) is 5.27. The molecular weight excluding hydrogens is 368 g/mol. The Kier molecular flexibility index (Phi) is 5.06. The lowest BCUT2D eigenvalue weighted by atomic mass is 9.68. The van der Waals surface area contributed by atoms with Crippen LogP contribution in [0.4, 0.5) is 0 Å². The van der Waals surface area contributed by atoms with Gasteiger partial charge in [-0.25, -0.2) is 9.78 Å². The number of benzene rings is 2. The number of aliphatic hydroxyl groups is 1. The van der Waals surface area contributed by atoms with Crippen molar-refractivity contribution in [1.82, 2.24) is 0 Å². The number of thioether (sulfide) groups is 1. The minimum absolute atomic E-state index is 0.265. The van der Waals surface area contributed by atoms with Gasteiger partial charge in [-0.15, -0.1) is 11.8 Å². The molecule has 1 saturated heterocycles. The highest BCUT2D eigenvalue weighted by Crippen LogP contribution is 2.51. The van der Waals surface area contributed by atoms with Crippen LogP contribution in [0.25, 0.3) is 0 Å². The van der Waals surface area contributed by atoms with Crippen LogP contribution in [0, 0.1) is 5.92 Å². The van der Waals surface area contributed by atoms with Gasteiger partial charge in [0.15, 0.2) is 0 Å². The summed E-state index contributed by atoms with van der Waals surface area (Å²) in [4.78, 5) is 13.0. The maximum Gasteiger partial charge on any atom is 0.141 e. The molecule has 5 heteroatoms. The van der Waals surface area contributed by atoms with Gasteiger partial charge in [-0.2, -0.15) is 0 Å². The summed E-state index contributed by atoms with van der Waals surface area (Å²) in [7, 11) is 0. The highest BCUT2D eigenvalue weighted by Gasteiger charge is 2.54. The average Bonchev–Trinajstić information content (AvgIpc) is 2.66. The average molecular weight is 391 g/mol. The Balaban J connectivity index is 1.62. The Morgan fingerprint density at radius 1 is 1.15 bits per heavy atom. The summed E-state index contributed by atoms with van der Waals surface area (Å²) in [5.74, 6) is 1.06. The molecule has 0 amide bonds. The largest absolute Gasteiger partial charge is 0.387 e. The lowest BCUT2D eigenvalue weighted by Gasteiger charge is -2.52.